The highest BCUT2D eigenvalue weighted by atomic mass is 32.1. The van der Waals surface area contributed by atoms with Crippen molar-refractivity contribution >= 4 is 34.4 Å². The fraction of sp³-hybridized carbons (Fsp3) is 0.0952. The molecule has 0 amide bonds. The van der Waals surface area contributed by atoms with Crippen LogP contribution in [0.25, 0.3) is 0 Å². The molecule has 0 aromatic heterocycles. The lowest BCUT2D eigenvalue weighted by Gasteiger charge is -2.13. The quantitative estimate of drug-likeness (QED) is 0.563. The molecule has 3 N–H and O–H groups in total. The molecule has 0 radical (unpaired) electrons. The van der Waals surface area contributed by atoms with E-state index in [-0.39, 0.29) is 6.79 Å². The van der Waals surface area contributed by atoms with E-state index >= 15 is 0 Å². The number of ether oxygens (including phenoxy) is 2. The molecule has 3 aromatic carbocycles. The van der Waals surface area contributed by atoms with Gasteiger partial charge in [-0.15, -0.1) is 0 Å². The normalized spacial score (nSPS) is 11.7. The first-order valence-corrected chi connectivity index (χ1v) is 9.03. The third-order valence-electron chi connectivity index (χ3n) is 4.07. The van der Waals surface area contributed by atoms with Gasteiger partial charge in [0.1, 0.15) is 0 Å². The molecule has 6 heteroatoms. The molecule has 5 nitrogen and oxygen atoms in total. The van der Waals surface area contributed by atoms with E-state index in [4.69, 9.17) is 21.7 Å². The highest BCUT2D eigenvalue weighted by molar-refractivity contribution is 7.80. The third-order valence-corrected chi connectivity index (χ3v) is 4.32. The standard InChI is InChI=1S/C21H19N3O2S/c27-21(22-13-15-9-10-19-20(11-15)26-14-25-19)24-18-8-4-7-17(12-18)23-16-5-2-1-3-6-16/h1-12,23H,13-14H2,(H2,22,24,27). The number of nitrogens with one attached hydrogen (secondary N) is 3. The van der Waals surface area contributed by atoms with Gasteiger partial charge in [-0.2, -0.15) is 0 Å². The van der Waals surface area contributed by atoms with E-state index in [1.165, 1.54) is 0 Å². The Kier molecular flexibility index (Phi) is 5.07. The summed E-state index contributed by atoms with van der Waals surface area (Å²) in [6.07, 6.45) is 0. The van der Waals surface area contributed by atoms with Gasteiger partial charge in [-0.25, -0.2) is 0 Å². The molecule has 1 heterocycles. The summed E-state index contributed by atoms with van der Waals surface area (Å²) >= 11 is 5.41. The van der Waals surface area contributed by atoms with Crippen molar-refractivity contribution in [2.45, 2.75) is 6.54 Å². The van der Waals surface area contributed by atoms with Crippen LogP contribution in [0.3, 0.4) is 0 Å². The number of benzene rings is 3. The number of hydrogen-bond donors (Lipinski definition) is 3. The summed E-state index contributed by atoms with van der Waals surface area (Å²) < 4.78 is 10.7. The van der Waals surface area contributed by atoms with Crippen LogP contribution in [0, 0.1) is 0 Å². The minimum absolute atomic E-state index is 0.277. The summed E-state index contributed by atoms with van der Waals surface area (Å²) in [6, 6.07) is 23.9. The van der Waals surface area contributed by atoms with Crippen LogP contribution in [0.4, 0.5) is 17.1 Å². The number of rotatable bonds is 5. The van der Waals surface area contributed by atoms with Gasteiger partial charge < -0.3 is 25.4 Å². The van der Waals surface area contributed by atoms with E-state index < -0.39 is 0 Å². The smallest absolute Gasteiger partial charge is 0.231 e. The zero-order valence-electron chi connectivity index (χ0n) is 14.6. The molecule has 3 aromatic rings. The largest absolute Gasteiger partial charge is 0.454 e. The van der Waals surface area contributed by atoms with E-state index in [0.29, 0.717) is 11.7 Å². The van der Waals surface area contributed by atoms with Crippen LogP contribution in [0.2, 0.25) is 0 Å². The molecule has 0 saturated carbocycles. The number of thiocarbonyl (C=S) groups is 1. The number of fused-ring (bicyclic) bond motifs is 1. The van der Waals surface area contributed by atoms with Gasteiger partial charge in [0.15, 0.2) is 16.6 Å². The second-order valence-corrected chi connectivity index (χ2v) is 6.48. The highest BCUT2D eigenvalue weighted by Crippen LogP contribution is 2.32. The predicted octanol–water partition coefficient (Wildman–Crippen LogP) is 4.65. The van der Waals surface area contributed by atoms with Crippen molar-refractivity contribution in [2.75, 3.05) is 17.4 Å². The Balaban J connectivity index is 1.33. The van der Waals surface area contributed by atoms with Crippen molar-refractivity contribution < 1.29 is 9.47 Å². The molecule has 1 aliphatic rings. The van der Waals surface area contributed by atoms with Gasteiger partial charge in [0, 0.05) is 23.6 Å². The molecule has 136 valence electrons. The van der Waals surface area contributed by atoms with Crippen molar-refractivity contribution in [2.24, 2.45) is 0 Å². The van der Waals surface area contributed by atoms with Gasteiger partial charge >= 0.3 is 0 Å². The van der Waals surface area contributed by atoms with Crippen LogP contribution in [0.5, 0.6) is 11.5 Å². The molecule has 0 bridgehead atoms. The Hall–Kier alpha value is -3.25. The molecule has 27 heavy (non-hydrogen) atoms. The zero-order valence-corrected chi connectivity index (χ0v) is 15.4. The minimum Gasteiger partial charge on any atom is -0.454 e. The molecule has 0 saturated heterocycles. The molecule has 0 fully saturated rings. The topological polar surface area (TPSA) is 54.5 Å². The first-order valence-electron chi connectivity index (χ1n) is 8.62. The minimum atomic E-state index is 0.277. The van der Waals surface area contributed by atoms with Crippen molar-refractivity contribution in [3.63, 3.8) is 0 Å². The van der Waals surface area contributed by atoms with Crippen LogP contribution in [-0.4, -0.2) is 11.9 Å². The second kappa shape index (κ2) is 7.97. The molecular formula is C21H19N3O2S. The Morgan fingerprint density at radius 3 is 2.48 bits per heavy atom. The monoisotopic (exact) mass is 377 g/mol. The highest BCUT2D eigenvalue weighted by Gasteiger charge is 2.13. The van der Waals surface area contributed by atoms with Crippen molar-refractivity contribution in [3.8, 4) is 11.5 Å². The van der Waals surface area contributed by atoms with E-state index in [9.17, 15) is 0 Å². The van der Waals surface area contributed by atoms with Crippen molar-refractivity contribution in [1.82, 2.24) is 5.32 Å². The fourth-order valence-electron chi connectivity index (χ4n) is 2.77. The van der Waals surface area contributed by atoms with Crippen LogP contribution in [-0.2, 0) is 6.54 Å². The Labute approximate surface area is 163 Å². The molecule has 0 unspecified atom stereocenters. The lowest BCUT2D eigenvalue weighted by Crippen LogP contribution is -2.27. The molecule has 0 aliphatic carbocycles. The summed E-state index contributed by atoms with van der Waals surface area (Å²) in [5.41, 5.74) is 4.02. The number of para-hydroxylation sites is 1. The first kappa shape index (κ1) is 17.2. The van der Waals surface area contributed by atoms with E-state index in [2.05, 4.69) is 16.0 Å². The van der Waals surface area contributed by atoms with Crippen LogP contribution in [0.1, 0.15) is 5.56 Å². The van der Waals surface area contributed by atoms with Crippen LogP contribution >= 0.6 is 12.2 Å². The Morgan fingerprint density at radius 1 is 0.815 bits per heavy atom. The van der Waals surface area contributed by atoms with E-state index in [1.54, 1.807) is 0 Å². The summed E-state index contributed by atoms with van der Waals surface area (Å²) in [4.78, 5) is 0. The maximum atomic E-state index is 5.41. The maximum Gasteiger partial charge on any atom is 0.231 e. The van der Waals surface area contributed by atoms with E-state index in [0.717, 1.165) is 34.1 Å². The average molecular weight is 377 g/mol. The molecule has 1 aliphatic heterocycles. The fourth-order valence-corrected chi connectivity index (χ4v) is 2.96. The second-order valence-electron chi connectivity index (χ2n) is 6.07. The maximum absolute atomic E-state index is 5.41. The van der Waals surface area contributed by atoms with Gasteiger partial charge in [0.25, 0.3) is 0 Å². The SMILES string of the molecule is S=C(NCc1ccc2c(c1)OCO2)Nc1cccc(Nc2ccccc2)c1. The van der Waals surface area contributed by atoms with Crippen LogP contribution < -0.4 is 25.4 Å². The molecule has 4 rings (SSSR count). The lowest BCUT2D eigenvalue weighted by molar-refractivity contribution is 0.174. The molecule has 0 atom stereocenters. The number of anilines is 3. The average Bonchev–Trinajstić information content (AvgIpc) is 3.15. The van der Waals surface area contributed by atoms with Gasteiger partial charge in [-0.3, -0.25) is 0 Å². The molecule has 0 spiro atoms. The van der Waals surface area contributed by atoms with Crippen molar-refractivity contribution in [1.29, 1.82) is 0 Å². The summed E-state index contributed by atoms with van der Waals surface area (Å²) in [5, 5.41) is 10.4. The van der Waals surface area contributed by atoms with Gasteiger partial charge in [0.2, 0.25) is 6.79 Å². The van der Waals surface area contributed by atoms with Crippen LogP contribution in [0.15, 0.2) is 72.8 Å². The van der Waals surface area contributed by atoms with E-state index in [1.807, 2.05) is 72.8 Å². The van der Waals surface area contributed by atoms with Gasteiger partial charge in [-0.1, -0.05) is 30.3 Å². The lowest BCUT2D eigenvalue weighted by atomic mass is 10.2. The molecular weight excluding hydrogens is 358 g/mol. The number of hydrogen-bond acceptors (Lipinski definition) is 4. The Bertz CT molecular complexity index is 947. The predicted molar refractivity (Wildman–Crippen MR) is 112 cm³/mol. The summed E-state index contributed by atoms with van der Waals surface area (Å²) in [7, 11) is 0. The third kappa shape index (κ3) is 4.48. The van der Waals surface area contributed by atoms with Crippen molar-refractivity contribution in [3.05, 3.63) is 78.4 Å². The van der Waals surface area contributed by atoms with Gasteiger partial charge in [-0.05, 0) is 60.2 Å². The van der Waals surface area contributed by atoms with Gasteiger partial charge in [0.05, 0.1) is 0 Å². The zero-order chi connectivity index (χ0) is 18.5. The summed E-state index contributed by atoms with van der Waals surface area (Å²) in [6.45, 7) is 0.879. The Morgan fingerprint density at radius 2 is 1.59 bits per heavy atom. The first-order chi connectivity index (χ1) is 13.3. The summed E-state index contributed by atoms with van der Waals surface area (Å²) in [5.74, 6) is 1.55.